The van der Waals surface area contributed by atoms with Gasteiger partial charge in [-0.1, -0.05) is 44.2 Å². The summed E-state index contributed by atoms with van der Waals surface area (Å²) in [6.45, 7) is 5.65. The molecule has 4 nitrogen and oxygen atoms in total. The van der Waals surface area contributed by atoms with E-state index in [9.17, 15) is 9.59 Å². The van der Waals surface area contributed by atoms with E-state index in [2.05, 4.69) is 31.3 Å². The predicted octanol–water partition coefficient (Wildman–Crippen LogP) is 3.15. The first-order valence-electron chi connectivity index (χ1n) is 9.20. The zero-order valence-corrected chi connectivity index (χ0v) is 14.7. The van der Waals surface area contributed by atoms with Crippen LogP contribution >= 0.6 is 0 Å². The van der Waals surface area contributed by atoms with Crippen LogP contribution in [0.4, 0.5) is 0 Å². The quantitative estimate of drug-likeness (QED) is 0.903. The van der Waals surface area contributed by atoms with Crippen LogP contribution in [0, 0.1) is 17.8 Å². The van der Waals surface area contributed by atoms with E-state index in [1.54, 1.807) is 0 Å². The second-order valence-electron chi connectivity index (χ2n) is 7.54. The molecule has 4 heteroatoms. The van der Waals surface area contributed by atoms with E-state index >= 15 is 0 Å². The molecule has 130 valence electrons. The maximum absolute atomic E-state index is 12.8. The Morgan fingerprint density at radius 3 is 2.42 bits per heavy atom. The highest BCUT2D eigenvalue weighted by molar-refractivity contribution is 5.83. The summed E-state index contributed by atoms with van der Waals surface area (Å²) >= 11 is 0. The van der Waals surface area contributed by atoms with E-state index in [-0.39, 0.29) is 29.7 Å². The number of hydrogen-bond acceptors (Lipinski definition) is 2. The van der Waals surface area contributed by atoms with Crippen LogP contribution in [0.5, 0.6) is 0 Å². The van der Waals surface area contributed by atoms with Crippen LogP contribution in [0.1, 0.15) is 51.1 Å². The van der Waals surface area contributed by atoms with Gasteiger partial charge in [-0.2, -0.15) is 0 Å². The minimum absolute atomic E-state index is 0.0215. The maximum Gasteiger partial charge on any atom is 0.225 e. The van der Waals surface area contributed by atoms with Gasteiger partial charge in [0.2, 0.25) is 11.8 Å². The number of likely N-dealkylation sites (tertiary alicyclic amines) is 1. The van der Waals surface area contributed by atoms with Gasteiger partial charge in [-0.25, -0.2) is 0 Å². The van der Waals surface area contributed by atoms with Crippen LogP contribution in [0.3, 0.4) is 0 Å². The van der Waals surface area contributed by atoms with Gasteiger partial charge in [0.25, 0.3) is 0 Å². The van der Waals surface area contributed by atoms with Crippen molar-refractivity contribution in [1.29, 1.82) is 0 Å². The maximum atomic E-state index is 12.8. The van der Waals surface area contributed by atoms with Gasteiger partial charge >= 0.3 is 0 Å². The summed E-state index contributed by atoms with van der Waals surface area (Å²) in [6, 6.07) is 10.2. The lowest BCUT2D eigenvalue weighted by molar-refractivity contribution is -0.137. The molecule has 1 aromatic carbocycles. The number of rotatable bonds is 5. The highest BCUT2D eigenvalue weighted by Crippen LogP contribution is 2.32. The Kier molecular flexibility index (Phi) is 5.22. The SMILES string of the molecule is CC(C)[C@H](NC(=O)[C@@H]1CCCN(C(=O)C2CC2)C1)c1ccccc1. The largest absolute Gasteiger partial charge is 0.349 e. The topological polar surface area (TPSA) is 49.4 Å². The Balaban J connectivity index is 1.63. The average molecular weight is 328 g/mol. The number of piperidine rings is 1. The van der Waals surface area contributed by atoms with Gasteiger partial charge in [0, 0.05) is 19.0 Å². The Bertz CT molecular complexity index is 581. The van der Waals surface area contributed by atoms with Crippen molar-refractivity contribution in [2.75, 3.05) is 13.1 Å². The average Bonchev–Trinajstić information content (AvgIpc) is 3.44. The monoisotopic (exact) mass is 328 g/mol. The van der Waals surface area contributed by atoms with E-state index in [0.717, 1.165) is 37.8 Å². The second kappa shape index (κ2) is 7.37. The molecule has 2 atom stereocenters. The molecule has 1 saturated heterocycles. The minimum atomic E-state index is -0.0774. The van der Waals surface area contributed by atoms with Gasteiger partial charge in [0.15, 0.2) is 0 Å². The van der Waals surface area contributed by atoms with Crippen molar-refractivity contribution in [1.82, 2.24) is 10.2 Å². The molecule has 1 heterocycles. The molecular formula is C20H28N2O2. The van der Waals surface area contributed by atoms with E-state index in [4.69, 9.17) is 0 Å². The molecule has 2 amide bonds. The summed E-state index contributed by atoms with van der Waals surface area (Å²) in [4.78, 5) is 27.0. The van der Waals surface area contributed by atoms with Gasteiger partial charge in [-0.05, 0) is 37.2 Å². The summed E-state index contributed by atoms with van der Waals surface area (Å²) in [5.74, 6) is 0.830. The Morgan fingerprint density at radius 1 is 1.08 bits per heavy atom. The third-order valence-electron chi connectivity index (χ3n) is 5.15. The highest BCUT2D eigenvalue weighted by Gasteiger charge is 2.37. The van der Waals surface area contributed by atoms with Crippen molar-refractivity contribution in [2.24, 2.45) is 17.8 Å². The third kappa shape index (κ3) is 3.97. The summed E-state index contributed by atoms with van der Waals surface area (Å²) < 4.78 is 0. The fourth-order valence-electron chi connectivity index (χ4n) is 3.55. The van der Waals surface area contributed by atoms with Crippen LogP contribution in [0.2, 0.25) is 0 Å². The van der Waals surface area contributed by atoms with Crippen molar-refractivity contribution >= 4 is 11.8 Å². The van der Waals surface area contributed by atoms with Gasteiger partial charge in [-0.15, -0.1) is 0 Å². The molecule has 0 aromatic heterocycles. The number of carbonyl (C=O) groups is 2. The summed E-state index contributed by atoms with van der Waals surface area (Å²) in [6.07, 6.45) is 3.85. The Hall–Kier alpha value is -1.84. The standard InChI is InChI=1S/C20H28N2O2/c1-14(2)18(15-7-4-3-5-8-15)21-19(23)17-9-6-12-22(13-17)20(24)16-10-11-16/h3-5,7-8,14,16-18H,6,9-13H2,1-2H3,(H,21,23)/t17-,18+/m1/s1. The van der Waals surface area contributed by atoms with Crippen LogP contribution in [-0.2, 0) is 9.59 Å². The molecule has 0 radical (unpaired) electrons. The molecule has 1 aromatic rings. The van der Waals surface area contributed by atoms with Crippen LogP contribution < -0.4 is 5.32 Å². The summed E-state index contributed by atoms with van der Waals surface area (Å²) in [5, 5.41) is 3.23. The Morgan fingerprint density at radius 2 is 1.79 bits per heavy atom. The molecule has 1 saturated carbocycles. The zero-order valence-electron chi connectivity index (χ0n) is 14.7. The normalized spacial score (nSPS) is 22.3. The number of nitrogens with zero attached hydrogens (tertiary/aromatic N) is 1. The molecule has 1 N–H and O–H groups in total. The second-order valence-corrected chi connectivity index (χ2v) is 7.54. The fraction of sp³-hybridized carbons (Fsp3) is 0.600. The number of carbonyl (C=O) groups excluding carboxylic acids is 2. The molecule has 1 aliphatic heterocycles. The molecule has 0 spiro atoms. The molecule has 2 fully saturated rings. The number of nitrogens with one attached hydrogen (secondary N) is 1. The highest BCUT2D eigenvalue weighted by atomic mass is 16.2. The lowest BCUT2D eigenvalue weighted by atomic mass is 9.92. The van der Waals surface area contributed by atoms with Gasteiger partial charge < -0.3 is 10.2 Å². The lowest BCUT2D eigenvalue weighted by Gasteiger charge is -2.33. The first-order chi connectivity index (χ1) is 11.6. The van der Waals surface area contributed by atoms with E-state index in [1.807, 2.05) is 23.1 Å². The smallest absolute Gasteiger partial charge is 0.225 e. The molecule has 2 aliphatic rings. The molecule has 3 rings (SSSR count). The van der Waals surface area contributed by atoms with E-state index in [1.165, 1.54) is 0 Å². The van der Waals surface area contributed by atoms with Gasteiger partial charge in [0.1, 0.15) is 0 Å². The third-order valence-corrected chi connectivity index (χ3v) is 5.15. The predicted molar refractivity (Wildman–Crippen MR) is 94.2 cm³/mol. The summed E-state index contributed by atoms with van der Waals surface area (Å²) in [5.41, 5.74) is 1.14. The molecule has 0 bridgehead atoms. The van der Waals surface area contributed by atoms with Crippen molar-refractivity contribution in [3.63, 3.8) is 0 Å². The molecular weight excluding hydrogens is 300 g/mol. The van der Waals surface area contributed by atoms with Crippen LogP contribution in [0.15, 0.2) is 30.3 Å². The number of benzene rings is 1. The number of amides is 2. The molecule has 24 heavy (non-hydrogen) atoms. The zero-order chi connectivity index (χ0) is 17.1. The van der Waals surface area contributed by atoms with E-state index < -0.39 is 0 Å². The van der Waals surface area contributed by atoms with Gasteiger partial charge in [0.05, 0.1) is 12.0 Å². The summed E-state index contributed by atoms with van der Waals surface area (Å²) in [7, 11) is 0. The first-order valence-corrected chi connectivity index (χ1v) is 9.20. The molecule has 1 aliphatic carbocycles. The van der Waals surface area contributed by atoms with Crippen LogP contribution in [-0.4, -0.2) is 29.8 Å². The molecule has 0 unspecified atom stereocenters. The lowest BCUT2D eigenvalue weighted by Crippen LogP contribution is -2.47. The van der Waals surface area contributed by atoms with Crippen molar-refractivity contribution in [3.05, 3.63) is 35.9 Å². The van der Waals surface area contributed by atoms with Crippen molar-refractivity contribution in [2.45, 2.75) is 45.6 Å². The van der Waals surface area contributed by atoms with E-state index in [0.29, 0.717) is 12.5 Å². The first kappa shape index (κ1) is 17.0. The fourth-order valence-corrected chi connectivity index (χ4v) is 3.55. The number of hydrogen-bond donors (Lipinski definition) is 1. The van der Waals surface area contributed by atoms with Crippen LogP contribution in [0.25, 0.3) is 0 Å². The van der Waals surface area contributed by atoms with Crippen molar-refractivity contribution < 1.29 is 9.59 Å². The van der Waals surface area contributed by atoms with Crippen molar-refractivity contribution in [3.8, 4) is 0 Å². The minimum Gasteiger partial charge on any atom is -0.349 e. The Labute approximate surface area is 144 Å². The van der Waals surface area contributed by atoms with Gasteiger partial charge in [-0.3, -0.25) is 9.59 Å².